The Balaban J connectivity index is 2.08. The van der Waals surface area contributed by atoms with E-state index in [0.29, 0.717) is 22.3 Å². The van der Waals surface area contributed by atoms with Crippen LogP contribution in [0.15, 0.2) is 52.2 Å². The van der Waals surface area contributed by atoms with Crippen molar-refractivity contribution in [2.75, 3.05) is 18.7 Å². The summed E-state index contributed by atoms with van der Waals surface area (Å²) < 4.78 is 6.44. The number of benzene rings is 2. The Kier molecular flexibility index (Phi) is 4.90. The Morgan fingerprint density at radius 2 is 1.88 bits per heavy atom. The molecule has 0 unspecified atom stereocenters. The number of aromatic hydroxyl groups is 1. The van der Waals surface area contributed by atoms with E-state index in [9.17, 15) is 14.7 Å². The van der Waals surface area contributed by atoms with Gasteiger partial charge in [0.25, 0.3) is 11.5 Å². The number of fused-ring (bicyclic) bond motifs is 1. The highest BCUT2D eigenvalue weighted by molar-refractivity contribution is 7.98. The maximum Gasteiger partial charge on any atom is 0.267 e. The second-order valence-electron chi connectivity index (χ2n) is 5.65. The van der Waals surface area contributed by atoms with E-state index in [1.807, 2.05) is 12.3 Å². The van der Waals surface area contributed by atoms with Crippen molar-refractivity contribution in [2.24, 2.45) is 7.05 Å². The molecule has 3 aromatic rings. The number of nitrogens with zero attached hydrogens (tertiary/aromatic N) is 1. The fourth-order valence-corrected chi connectivity index (χ4v) is 3.15. The fourth-order valence-electron chi connectivity index (χ4n) is 2.71. The summed E-state index contributed by atoms with van der Waals surface area (Å²) in [4.78, 5) is 26.2. The van der Waals surface area contributed by atoms with Gasteiger partial charge >= 0.3 is 0 Å². The van der Waals surface area contributed by atoms with Gasteiger partial charge in [-0.05, 0) is 48.7 Å². The number of methoxy groups -OCH3 is 1. The van der Waals surface area contributed by atoms with Gasteiger partial charge in [-0.25, -0.2) is 0 Å². The zero-order chi connectivity index (χ0) is 18.8. The minimum absolute atomic E-state index is 0.283. The summed E-state index contributed by atoms with van der Waals surface area (Å²) in [5.41, 5.74) is 0.216. The van der Waals surface area contributed by atoms with Crippen molar-refractivity contribution in [3.8, 4) is 11.5 Å². The molecule has 1 amide bonds. The minimum Gasteiger partial charge on any atom is -0.506 e. The van der Waals surface area contributed by atoms with Crippen LogP contribution in [-0.2, 0) is 7.05 Å². The van der Waals surface area contributed by atoms with Crippen LogP contribution in [0.25, 0.3) is 10.9 Å². The molecule has 0 fully saturated rings. The molecular formula is C19H18N2O4S. The van der Waals surface area contributed by atoms with Gasteiger partial charge in [0.15, 0.2) is 0 Å². The molecule has 0 spiro atoms. The zero-order valence-corrected chi connectivity index (χ0v) is 15.4. The summed E-state index contributed by atoms with van der Waals surface area (Å²) in [6.45, 7) is 0. The molecule has 0 aliphatic carbocycles. The Morgan fingerprint density at radius 3 is 2.50 bits per heavy atom. The zero-order valence-electron chi connectivity index (χ0n) is 14.6. The molecule has 0 aliphatic heterocycles. The van der Waals surface area contributed by atoms with E-state index in [4.69, 9.17) is 4.74 Å². The number of carbonyl (C=O) groups excluding carboxylic acids is 1. The van der Waals surface area contributed by atoms with Crippen LogP contribution >= 0.6 is 11.8 Å². The smallest absolute Gasteiger partial charge is 0.267 e. The maximum atomic E-state index is 12.6. The number of carbonyl (C=O) groups is 1. The van der Waals surface area contributed by atoms with Crippen LogP contribution in [0.5, 0.6) is 11.5 Å². The summed E-state index contributed by atoms with van der Waals surface area (Å²) in [5.74, 6) is -0.327. The van der Waals surface area contributed by atoms with Crippen molar-refractivity contribution in [1.29, 1.82) is 0 Å². The number of anilines is 1. The Bertz CT molecular complexity index is 1040. The molecule has 1 heterocycles. The molecule has 134 valence electrons. The summed E-state index contributed by atoms with van der Waals surface area (Å²) in [5, 5.41) is 13.7. The molecule has 0 bridgehead atoms. The lowest BCUT2D eigenvalue weighted by Gasteiger charge is -2.13. The number of nitrogens with one attached hydrogen (secondary N) is 1. The van der Waals surface area contributed by atoms with Gasteiger partial charge in [0.05, 0.1) is 12.6 Å². The quantitative estimate of drug-likeness (QED) is 0.689. The van der Waals surface area contributed by atoms with Crippen molar-refractivity contribution in [3.05, 3.63) is 58.4 Å². The maximum absolute atomic E-state index is 12.6. The third-order valence-electron chi connectivity index (χ3n) is 4.15. The second-order valence-corrected chi connectivity index (χ2v) is 6.53. The van der Waals surface area contributed by atoms with Gasteiger partial charge in [0.2, 0.25) is 0 Å². The number of amides is 1. The number of ether oxygens (including phenoxy) is 1. The van der Waals surface area contributed by atoms with E-state index in [1.165, 1.54) is 16.3 Å². The van der Waals surface area contributed by atoms with Gasteiger partial charge in [-0.15, -0.1) is 11.8 Å². The Morgan fingerprint density at radius 1 is 1.19 bits per heavy atom. The summed E-state index contributed by atoms with van der Waals surface area (Å²) in [7, 11) is 3.13. The van der Waals surface area contributed by atoms with Crippen molar-refractivity contribution in [2.45, 2.75) is 4.90 Å². The van der Waals surface area contributed by atoms with Crippen molar-refractivity contribution >= 4 is 34.3 Å². The molecule has 0 aliphatic rings. The number of hydrogen-bond donors (Lipinski definition) is 2. The fraction of sp³-hybridized carbons (Fsp3) is 0.158. The third-order valence-corrected chi connectivity index (χ3v) is 4.88. The highest BCUT2D eigenvalue weighted by Gasteiger charge is 2.21. The molecule has 2 aromatic carbocycles. The minimum atomic E-state index is -0.662. The van der Waals surface area contributed by atoms with Crippen LogP contribution in [0.1, 0.15) is 10.4 Å². The van der Waals surface area contributed by atoms with Crippen LogP contribution < -0.4 is 15.6 Å². The molecule has 1 aromatic heterocycles. The lowest BCUT2D eigenvalue weighted by molar-refractivity contribution is 0.102. The van der Waals surface area contributed by atoms with Gasteiger partial charge < -0.3 is 19.7 Å². The lowest BCUT2D eigenvalue weighted by atomic mass is 10.1. The third kappa shape index (κ3) is 3.13. The van der Waals surface area contributed by atoms with Gasteiger partial charge in [-0.1, -0.05) is 0 Å². The predicted molar refractivity (Wildman–Crippen MR) is 104 cm³/mol. The van der Waals surface area contributed by atoms with Crippen LogP contribution in [0.4, 0.5) is 5.69 Å². The van der Waals surface area contributed by atoms with Gasteiger partial charge in [-0.3, -0.25) is 9.59 Å². The highest BCUT2D eigenvalue weighted by Crippen LogP contribution is 2.30. The van der Waals surface area contributed by atoms with Gasteiger partial charge in [0.1, 0.15) is 17.1 Å². The molecule has 26 heavy (non-hydrogen) atoms. The molecule has 3 rings (SSSR count). The second kappa shape index (κ2) is 7.13. The molecule has 7 heteroatoms. The number of hydrogen-bond acceptors (Lipinski definition) is 5. The topological polar surface area (TPSA) is 80.6 Å². The van der Waals surface area contributed by atoms with Crippen LogP contribution in [0.2, 0.25) is 0 Å². The summed E-state index contributed by atoms with van der Waals surface area (Å²) in [6.07, 6.45) is 1.91. The summed E-state index contributed by atoms with van der Waals surface area (Å²) in [6, 6.07) is 12.1. The molecule has 0 radical (unpaired) electrons. The predicted octanol–water partition coefficient (Wildman–Crippen LogP) is 3.23. The monoisotopic (exact) mass is 370 g/mol. The normalized spacial score (nSPS) is 10.7. The van der Waals surface area contributed by atoms with Crippen molar-refractivity contribution in [3.63, 3.8) is 0 Å². The van der Waals surface area contributed by atoms with Crippen LogP contribution in [0.3, 0.4) is 0 Å². The largest absolute Gasteiger partial charge is 0.506 e. The average molecular weight is 370 g/mol. The number of pyridine rings is 1. The summed E-state index contributed by atoms with van der Waals surface area (Å²) >= 11 is 1.51. The number of aromatic nitrogens is 1. The first-order valence-electron chi connectivity index (χ1n) is 7.81. The van der Waals surface area contributed by atoms with Crippen molar-refractivity contribution < 1.29 is 14.6 Å². The van der Waals surface area contributed by atoms with Gasteiger partial charge in [-0.2, -0.15) is 0 Å². The van der Waals surface area contributed by atoms with E-state index in [-0.39, 0.29) is 11.3 Å². The molecule has 6 nitrogen and oxygen atoms in total. The first-order valence-corrected chi connectivity index (χ1v) is 9.04. The lowest BCUT2D eigenvalue weighted by Crippen LogP contribution is -2.28. The number of aryl methyl sites for hydroxylation is 1. The SMILES string of the molecule is COc1ccc(NC(=O)c2c(O)c3cc(SC)ccc3n(C)c2=O)cc1. The molecular weight excluding hydrogens is 352 g/mol. The molecule has 2 N–H and O–H groups in total. The molecule has 0 atom stereocenters. The first kappa shape index (κ1) is 17.9. The van der Waals surface area contributed by atoms with E-state index >= 15 is 0 Å². The van der Waals surface area contributed by atoms with E-state index < -0.39 is 11.5 Å². The number of thioether (sulfide) groups is 1. The Hall–Kier alpha value is -2.93. The highest BCUT2D eigenvalue weighted by atomic mass is 32.2. The van der Waals surface area contributed by atoms with Crippen LogP contribution in [0, 0.1) is 0 Å². The van der Waals surface area contributed by atoms with E-state index in [1.54, 1.807) is 50.6 Å². The van der Waals surface area contributed by atoms with Crippen LogP contribution in [-0.4, -0.2) is 28.9 Å². The van der Waals surface area contributed by atoms with E-state index in [2.05, 4.69) is 5.32 Å². The average Bonchev–Trinajstić information content (AvgIpc) is 2.66. The molecule has 0 saturated heterocycles. The number of rotatable bonds is 4. The van der Waals surface area contributed by atoms with Gasteiger partial charge in [0, 0.05) is 23.0 Å². The van der Waals surface area contributed by atoms with E-state index in [0.717, 1.165) is 4.90 Å². The Labute approximate surface area is 154 Å². The molecule has 0 saturated carbocycles. The standard InChI is InChI=1S/C19H18N2O4S/c1-21-15-9-8-13(26-3)10-14(15)17(22)16(19(21)24)18(23)20-11-4-6-12(25-2)7-5-11/h4-10,22H,1-3H3,(H,20,23). The first-order chi connectivity index (χ1) is 12.5. The van der Waals surface area contributed by atoms with Crippen molar-refractivity contribution in [1.82, 2.24) is 4.57 Å².